The molecule has 0 radical (unpaired) electrons. The summed E-state index contributed by atoms with van der Waals surface area (Å²) >= 11 is 0. The smallest absolute Gasteiger partial charge is 0.164 e. The largest absolute Gasteiger partial charge is 0.456 e. The second-order valence-corrected chi connectivity index (χ2v) is 35.9. The van der Waals surface area contributed by atoms with Crippen molar-refractivity contribution in [1.82, 2.24) is 43.6 Å². The first-order chi connectivity index (χ1) is 70.4. The lowest BCUT2D eigenvalue weighted by molar-refractivity contribution is 0.669. The fourth-order valence-corrected chi connectivity index (χ4v) is 20.8. The molecule has 21 aromatic carbocycles. The van der Waals surface area contributed by atoms with Gasteiger partial charge in [0.2, 0.25) is 0 Å². The highest BCUT2D eigenvalue weighted by atomic mass is 16.3. The first-order valence-corrected chi connectivity index (χ1v) is 48.0. The van der Waals surface area contributed by atoms with Crippen LogP contribution in [0.3, 0.4) is 0 Å². The van der Waals surface area contributed by atoms with Crippen LogP contribution >= 0.6 is 0 Å². The van der Waals surface area contributed by atoms with Gasteiger partial charge in [-0.2, -0.15) is 0 Å². The summed E-state index contributed by atoms with van der Waals surface area (Å²) in [4.78, 5) is 31.4. The van der Waals surface area contributed by atoms with Gasteiger partial charge >= 0.3 is 0 Å². The molecule has 6 aromatic heterocycles. The van der Waals surface area contributed by atoms with Crippen LogP contribution in [0.4, 0.5) is 0 Å². The van der Waals surface area contributed by atoms with E-state index in [1.165, 1.54) is 38.2 Å². The van der Waals surface area contributed by atoms with E-state index in [1.54, 1.807) is 0 Å². The number of rotatable bonds is 17. The topological polar surface area (TPSA) is 105 Å². The second-order valence-electron chi connectivity index (χ2n) is 35.9. The van der Waals surface area contributed by atoms with E-state index in [1.807, 2.05) is 78.9 Å². The lowest BCUT2D eigenvalue weighted by atomic mass is 9.91. The summed E-state index contributed by atoms with van der Waals surface area (Å²) in [6.07, 6.45) is 0. The molecule has 0 unspecified atom stereocenters. The van der Waals surface area contributed by atoms with E-state index in [0.717, 1.165) is 189 Å². The van der Waals surface area contributed by atoms with E-state index in [-0.39, 0.29) is 0 Å². The molecule has 0 aliphatic carbocycles. The van der Waals surface area contributed by atoms with Gasteiger partial charge in [-0.25, -0.2) is 29.9 Å². The van der Waals surface area contributed by atoms with Crippen molar-refractivity contribution in [2.75, 3.05) is 0 Å². The van der Waals surface area contributed by atoms with E-state index < -0.39 is 0 Å². The summed E-state index contributed by atoms with van der Waals surface area (Å²) < 4.78 is 13.9. The third-order valence-corrected chi connectivity index (χ3v) is 27.5. The molecule has 0 fully saturated rings. The predicted octanol–water partition coefficient (Wildman–Crippen LogP) is 34.3. The second kappa shape index (κ2) is 35.8. The molecule has 0 saturated carbocycles. The molecule has 142 heavy (non-hydrogen) atoms. The van der Waals surface area contributed by atoms with E-state index in [9.17, 15) is 0 Å². The molecule has 0 spiro atoms. The van der Waals surface area contributed by atoms with Crippen LogP contribution in [-0.4, -0.2) is 43.6 Å². The van der Waals surface area contributed by atoms with Crippen LogP contribution in [0.25, 0.3) is 262 Å². The Bertz CT molecular complexity index is 9110. The van der Waals surface area contributed by atoms with E-state index in [4.69, 9.17) is 34.3 Å². The molecule has 0 N–H and O–H groups in total. The molecular weight excluding hydrogens is 1730 g/mol. The molecule has 0 bridgehead atoms. The van der Waals surface area contributed by atoms with Crippen molar-refractivity contribution in [1.29, 1.82) is 0 Å². The molecule has 0 atom stereocenters. The Hall–Kier alpha value is -19.2. The Morgan fingerprint density at radius 2 is 0.359 bits per heavy atom. The first kappa shape index (κ1) is 83.4. The quantitative estimate of drug-likeness (QED) is 0.0894. The number of furan rings is 1. The minimum absolute atomic E-state index is 0.586. The summed E-state index contributed by atoms with van der Waals surface area (Å²) in [6, 6.07) is 183. The number of hydrogen-bond donors (Lipinski definition) is 0. The normalized spacial score (nSPS) is 11.5. The first-order valence-electron chi connectivity index (χ1n) is 48.0. The van der Waals surface area contributed by atoms with Crippen LogP contribution in [-0.2, 0) is 0 Å². The van der Waals surface area contributed by atoms with Crippen molar-refractivity contribution in [2.45, 2.75) is 0 Å². The van der Waals surface area contributed by atoms with Crippen LogP contribution in [0.5, 0.6) is 0 Å². The number of fused-ring (bicyclic) bond motifs is 14. The van der Waals surface area contributed by atoms with Crippen LogP contribution in [0.15, 0.2) is 520 Å². The average Bonchev–Trinajstić information content (AvgIpc) is 1.54. The zero-order valence-corrected chi connectivity index (χ0v) is 77.0. The van der Waals surface area contributed by atoms with E-state index in [2.05, 4.69) is 450 Å². The fraction of sp³-hybridized carbons (Fsp3) is 0. The highest BCUT2D eigenvalue weighted by molar-refractivity contribution is 6.30. The number of benzene rings is 21. The molecule has 0 saturated heterocycles. The van der Waals surface area contributed by atoms with Crippen LogP contribution in [0, 0.1) is 0 Å². The molecule has 664 valence electrons. The van der Waals surface area contributed by atoms with Crippen molar-refractivity contribution in [2.24, 2.45) is 0 Å². The van der Waals surface area contributed by atoms with Gasteiger partial charge in [0.15, 0.2) is 34.9 Å². The zero-order valence-electron chi connectivity index (χ0n) is 77.0. The van der Waals surface area contributed by atoms with Crippen molar-refractivity contribution in [3.05, 3.63) is 516 Å². The standard InChI is InChI=1S/C69H45N5.C63H40N4O/c1-6-20-46(21-7-1)48-34-38-50(39-35-48)58-44-54(69-71-67(52-24-10-3-11-25-52)70-68(72-69)53-26-12-4-13-27-53)45-59(51-40-36-49(37-41-51)47-22-8-2-9-23-47)66(58)74-61-33-19-17-31-57(61)65-63(74)43-42-62-64(65)56-30-16-18-32-60(56)73(62)55-28-14-5-15-29-55;1-5-17-41(18-6-1)43-29-33-45(34-30-43)52-39-49(63-65-61(47-21-9-3-10-22-47)64-62(66-63)48-23-11-4-12-24-48)40-53(46-35-31-44(32-36-46)42-19-7-2-8-20-42)60(52)67-54-27-15-13-25-50(54)58-55(67)37-38-57-59(58)51-26-14-16-28-56(51)68-57/h1-45H;1-40H. The van der Waals surface area contributed by atoms with Gasteiger partial charge in [-0.15, -0.1) is 0 Å². The molecular formula is C132H85N9O. The Kier molecular flexibility index (Phi) is 21.1. The third-order valence-electron chi connectivity index (χ3n) is 27.5. The monoisotopic (exact) mass is 1810 g/mol. The summed E-state index contributed by atoms with van der Waals surface area (Å²) in [7, 11) is 0. The van der Waals surface area contributed by atoms with E-state index >= 15 is 0 Å². The lowest BCUT2D eigenvalue weighted by Gasteiger charge is -2.21. The maximum Gasteiger partial charge on any atom is 0.164 e. The van der Waals surface area contributed by atoms with Gasteiger partial charge in [0, 0.05) is 104 Å². The van der Waals surface area contributed by atoms with Gasteiger partial charge in [-0.3, -0.25) is 0 Å². The summed E-state index contributed by atoms with van der Waals surface area (Å²) in [6.45, 7) is 0. The van der Waals surface area contributed by atoms with Crippen LogP contribution in [0.1, 0.15) is 0 Å². The maximum atomic E-state index is 6.53. The molecule has 27 rings (SSSR count). The Morgan fingerprint density at radius 1 is 0.141 bits per heavy atom. The minimum Gasteiger partial charge on any atom is -0.456 e. The molecule has 0 aliphatic heterocycles. The van der Waals surface area contributed by atoms with Crippen molar-refractivity contribution in [3.63, 3.8) is 0 Å². The molecule has 10 heteroatoms. The zero-order chi connectivity index (χ0) is 93.9. The summed E-state index contributed by atoms with van der Waals surface area (Å²) in [5.74, 6) is 3.62. The fourth-order valence-electron chi connectivity index (χ4n) is 20.8. The number of hydrogen-bond acceptors (Lipinski definition) is 7. The third kappa shape index (κ3) is 15.1. The van der Waals surface area contributed by atoms with Gasteiger partial charge in [0.25, 0.3) is 0 Å². The Morgan fingerprint density at radius 3 is 0.669 bits per heavy atom. The highest BCUT2D eigenvalue weighted by Gasteiger charge is 2.30. The predicted molar refractivity (Wildman–Crippen MR) is 586 cm³/mol. The molecule has 6 heterocycles. The highest BCUT2D eigenvalue weighted by Crippen LogP contribution is 2.51. The van der Waals surface area contributed by atoms with Gasteiger partial charge in [-0.05, 0) is 152 Å². The van der Waals surface area contributed by atoms with Gasteiger partial charge in [0.1, 0.15) is 11.2 Å². The minimum atomic E-state index is 0.586. The molecule has 10 nitrogen and oxygen atoms in total. The van der Waals surface area contributed by atoms with Crippen molar-refractivity contribution in [3.8, 4) is 174 Å². The van der Waals surface area contributed by atoms with Gasteiger partial charge in [-0.1, -0.05) is 431 Å². The summed E-state index contributed by atoms with van der Waals surface area (Å²) in [5.41, 5.74) is 34.8. The molecule has 0 aliphatic rings. The Labute approximate surface area is 819 Å². The number of nitrogens with zero attached hydrogens (tertiary/aromatic N) is 9. The van der Waals surface area contributed by atoms with Gasteiger partial charge in [0.05, 0.1) is 44.5 Å². The average molecular weight is 1810 g/mol. The maximum absolute atomic E-state index is 6.53. The van der Waals surface area contributed by atoms with Crippen LogP contribution in [0.2, 0.25) is 0 Å². The number of aromatic nitrogens is 9. The van der Waals surface area contributed by atoms with Crippen LogP contribution < -0.4 is 0 Å². The van der Waals surface area contributed by atoms with Crippen molar-refractivity contribution < 1.29 is 4.42 Å². The summed E-state index contributed by atoms with van der Waals surface area (Å²) in [5, 5.41) is 9.34. The SMILES string of the molecule is c1ccc(-c2ccc(-c3cc(-c4nc(-c5ccccc5)nc(-c5ccccc5)n4)cc(-c4ccc(-c5ccccc5)cc4)c3-n3c4ccccc4c4c5c(ccc43)oc3ccccc35)cc2)cc1.c1ccc(-c2ccc(-c3cc(-c4nc(-c5ccccc5)nc(-c5ccccc5)n4)cc(-c4ccc(-c5ccccc5)cc4)c3-n3c4ccccc4c4c5c6ccccc6n(-c6ccccc6)c5ccc43)cc2)cc1. The van der Waals surface area contributed by atoms with Crippen molar-refractivity contribution >= 4 is 87.4 Å². The Balaban J connectivity index is 0.000000146. The molecule has 27 aromatic rings. The number of para-hydroxylation sites is 5. The van der Waals surface area contributed by atoms with E-state index in [0.29, 0.717) is 34.9 Å². The van der Waals surface area contributed by atoms with Gasteiger partial charge < -0.3 is 18.1 Å². The lowest BCUT2D eigenvalue weighted by Crippen LogP contribution is -2.04. The molecule has 0 amide bonds.